The minimum atomic E-state index is -0.317. The molecule has 1 aromatic carbocycles. The van der Waals surface area contributed by atoms with Gasteiger partial charge >= 0.3 is 0 Å². The maximum absolute atomic E-state index is 13.0. The van der Waals surface area contributed by atoms with Crippen LogP contribution in [-0.2, 0) is 9.63 Å². The normalized spacial score (nSPS) is 9.86. The van der Waals surface area contributed by atoms with E-state index in [0.717, 1.165) is 11.8 Å². The van der Waals surface area contributed by atoms with E-state index < -0.39 is 0 Å². The Morgan fingerprint density at radius 1 is 1.57 bits per heavy atom. The van der Waals surface area contributed by atoms with E-state index in [2.05, 4.69) is 10.3 Å². The Bertz CT molecular complexity index is 319. The largest absolute Gasteiger partial charge is 0.277 e. The molecule has 5 heteroatoms. The monoisotopic (exact) mass is 215 g/mol. The maximum Gasteiger partial charge on any atom is 0.253 e. The lowest BCUT2D eigenvalue weighted by molar-refractivity contribution is -0.128. The van der Waals surface area contributed by atoms with E-state index in [-0.39, 0.29) is 17.5 Å². The molecule has 14 heavy (non-hydrogen) atoms. The molecule has 0 bridgehead atoms. The van der Waals surface area contributed by atoms with Gasteiger partial charge in [-0.05, 0) is 12.1 Å². The van der Waals surface area contributed by atoms with Crippen LogP contribution in [0.25, 0.3) is 0 Å². The molecule has 0 radical (unpaired) electrons. The summed E-state index contributed by atoms with van der Waals surface area (Å²) in [4.78, 5) is 15.8. The molecule has 0 saturated heterocycles. The Kier molecular flexibility index (Phi) is 4.42. The molecule has 0 aliphatic rings. The molecule has 0 aliphatic carbocycles. The van der Waals surface area contributed by atoms with Crippen molar-refractivity contribution in [3.05, 3.63) is 30.1 Å². The zero-order valence-corrected chi connectivity index (χ0v) is 8.44. The molecule has 0 aliphatic heterocycles. The van der Waals surface area contributed by atoms with Crippen molar-refractivity contribution in [1.29, 1.82) is 0 Å². The van der Waals surface area contributed by atoms with Crippen molar-refractivity contribution in [3.63, 3.8) is 0 Å². The molecule has 0 atom stereocenters. The van der Waals surface area contributed by atoms with Gasteiger partial charge < -0.3 is 0 Å². The van der Waals surface area contributed by atoms with Gasteiger partial charge in [-0.3, -0.25) is 9.63 Å². The first kappa shape index (κ1) is 11.0. The molecule has 0 saturated carbocycles. The van der Waals surface area contributed by atoms with Crippen molar-refractivity contribution < 1.29 is 14.0 Å². The van der Waals surface area contributed by atoms with Crippen molar-refractivity contribution in [2.75, 3.05) is 12.9 Å². The molecule has 0 heterocycles. The Balaban J connectivity index is 2.46. The Hall–Kier alpha value is -1.07. The summed E-state index contributed by atoms with van der Waals surface area (Å²) in [6.07, 6.45) is 0. The number of hydroxylamine groups is 1. The highest BCUT2D eigenvalue weighted by atomic mass is 32.2. The summed E-state index contributed by atoms with van der Waals surface area (Å²) in [6, 6.07) is 6.31. The zero-order chi connectivity index (χ0) is 10.4. The molecular weight excluding hydrogens is 205 g/mol. The summed E-state index contributed by atoms with van der Waals surface area (Å²) in [5.74, 6) is -0.474. The zero-order valence-electron chi connectivity index (χ0n) is 7.62. The fourth-order valence-electron chi connectivity index (χ4n) is 0.848. The van der Waals surface area contributed by atoms with Crippen LogP contribution in [-0.4, -0.2) is 18.8 Å². The second-order valence-electron chi connectivity index (χ2n) is 2.45. The van der Waals surface area contributed by atoms with E-state index in [0.29, 0.717) is 4.90 Å². The van der Waals surface area contributed by atoms with E-state index in [4.69, 9.17) is 0 Å². The highest BCUT2D eigenvalue weighted by Crippen LogP contribution is 2.20. The average molecular weight is 215 g/mol. The van der Waals surface area contributed by atoms with Crippen LogP contribution in [0, 0.1) is 5.82 Å². The van der Waals surface area contributed by atoms with Crippen LogP contribution >= 0.6 is 11.8 Å². The molecule has 1 aromatic rings. The standard InChI is InChI=1S/C9H10FNO2S/c1-13-11-9(12)6-14-8-5-3-2-4-7(8)10/h2-5H,6H2,1H3,(H,11,12). The van der Waals surface area contributed by atoms with Crippen LogP contribution in [0.5, 0.6) is 0 Å². The predicted molar refractivity (Wildman–Crippen MR) is 52.3 cm³/mol. The van der Waals surface area contributed by atoms with Gasteiger partial charge in [0.2, 0.25) is 0 Å². The summed E-state index contributed by atoms with van der Waals surface area (Å²) in [5.41, 5.74) is 2.15. The SMILES string of the molecule is CONC(=O)CSc1ccccc1F. The van der Waals surface area contributed by atoms with Crippen LogP contribution < -0.4 is 5.48 Å². The number of nitrogens with one attached hydrogen (secondary N) is 1. The van der Waals surface area contributed by atoms with Gasteiger partial charge in [0.1, 0.15) is 5.82 Å². The lowest BCUT2D eigenvalue weighted by Crippen LogP contribution is -2.23. The number of hydrogen-bond acceptors (Lipinski definition) is 3. The van der Waals surface area contributed by atoms with Crippen molar-refractivity contribution in [1.82, 2.24) is 5.48 Å². The summed E-state index contributed by atoms with van der Waals surface area (Å²) in [7, 11) is 1.35. The molecule has 0 spiro atoms. The number of rotatable bonds is 4. The van der Waals surface area contributed by atoms with Crippen molar-refractivity contribution in [2.24, 2.45) is 0 Å². The fourth-order valence-corrected chi connectivity index (χ4v) is 1.57. The number of benzene rings is 1. The lowest BCUT2D eigenvalue weighted by Gasteiger charge is -2.02. The van der Waals surface area contributed by atoms with Crippen LogP contribution in [0.3, 0.4) is 0 Å². The highest BCUT2D eigenvalue weighted by Gasteiger charge is 2.05. The second kappa shape index (κ2) is 5.62. The number of carbonyl (C=O) groups is 1. The van der Waals surface area contributed by atoms with Gasteiger partial charge in [0, 0.05) is 4.90 Å². The first-order valence-electron chi connectivity index (χ1n) is 3.93. The van der Waals surface area contributed by atoms with Gasteiger partial charge in [-0.25, -0.2) is 9.87 Å². The molecule has 1 N–H and O–H groups in total. The third-order valence-corrected chi connectivity index (χ3v) is 2.46. The number of halogens is 1. The third-order valence-electron chi connectivity index (χ3n) is 1.41. The molecule has 0 unspecified atom stereocenters. The molecule has 1 amide bonds. The quantitative estimate of drug-likeness (QED) is 0.612. The maximum atomic E-state index is 13.0. The second-order valence-corrected chi connectivity index (χ2v) is 3.47. The smallest absolute Gasteiger partial charge is 0.253 e. The van der Waals surface area contributed by atoms with Gasteiger partial charge in [-0.2, -0.15) is 0 Å². The Morgan fingerprint density at radius 3 is 2.93 bits per heavy atom. The minimum Gasteiger partial charge on any atom is -0.277 e. The molecule has 76 valence electrons. The average Bonchev–Trinajstić information content (AvgIpc) is 2.17. The minimum absolute atomic E-state index is 0.134. The van der Waals surface area contributed by atoms with Gasteiger partial charge in [0.25, 0.3) is 5.91 Å². The highest BCUT2D eigenvalue weighted by molar-refractivity contribution is 8.00. The number of carbonyl (C=O) groups excluding carboxylic acids is 1. The van der Waals surface area contributed by atoms with Crippen LogP contribution in [0.15, 0.2) is 29.2 Å². The number of amides is 1. The molecule has 3 nitrogen and oxygen atoms in total. The van der Waals surface area contributed by atoms with Crippen molar-refractivity contribution in [2.45, 2.75) is 4.90 Å². The number of hydrogen-bond donors (Lipinski definition) is 1. The van der Waals surface area contributed by atoms with Gasteiger partial charge in [0.15, 0.2) is 0 Å². The van der Waals surface area contributed by atoms with Gasteiger partial charge in [0.05, 0.1) is 12.9 Å². The first-order chi connectivity index (χ1) is 6.74. The van der Waals surface area contributed by atoms with Crippen LogP contribution in [0.1, 0.15) is 0 Å². The predicted octanol–water partition coefficient (Wildman–Crippen LogP) is 1.60. The van der Waals surface area contributed by atoms with E-state index in [1.54, 1.807) is 18.2 Å². The van der Waals surface area contributed by atoms with E-state index in [9.17, 15) is 9.18 Å². The van der Waals surface area contributed by atoms with Crippen molar-refractivity contribution >= 4 is 17.7 Å². The van der Waals surface area contributed by atoms with Crippen LogP contribution in [0.2, 0.25) is 0 Å². The fraction of sp³-hybridized carbons (Fsp3) is 0.222. The molecular formula is C9H10FNO2S. The van der Waals surface area contributed by atoms with E-state index in [1.165, 1.54) is 13.2 Å². The Labute approximate surface area is 85.6 Å². The molecule has 0 fully saturated rings. The summed E-state index contributed by atoms with van der Waals surface area (Å²) in [5, 5.41) is 0. The number of thioether (sulfide) groups is 1. The van der Waals surface area contributed by atoms with Gasteiger partial charge in [-0.1, -0.05) is 12.1 Å². The first-order valence-corrected chi connectivity index (χ1v) is 4.91. The summed E-state index contributed by atoms with van der Waals surface area (Å²) < 4.78 is 13.0. The summed E-state index contributed by atoms with van der Waals surface area (Å²) in [6.45, 7) is 0. The van der Waals surface area contributed by atoms with E-state index in [1.807, 2.05) is 0 Å². The summed E-state index contributed by atoms with van der Waals surface area (Å²) >= 11 is 1.13. The van der Waals surface area contributed by atoms with Crippen molar-refractivity contribution in [3.8, 4) is 0 Å². The topological polar surface area (TPSA) is 38.3 Å². The third kappa shape index (κ3) is 3.35. The van der Waals surface area contributed by atoms with E-state index >= 15 is 0 Å². The molecule has 1 rings (SSSR count). The van der Waals surface area contributed by atoms with Crippen LogP contribution in [0.4, 0.5) is 4.39 Å². The molecule has 0 aromatic heterocycles. The van der Waals surface area contributed by atoms with Gasteiger partial charge in [-0.15, -0.1) is 11.8 Å². The Morgan fingerprint density at radius 2 is 2.29 bits per heavy atom. The lowest BCUT2D eigenvalue weighted by atomic mass is 10.3.